The highest BCUT2D eigenvalue weighted by molar-refractivity contribution is 6.02. The average molecular weight is 518 g/mol. The molecule has 4 rings (SSSR count). The molecule has 1 aromatic carbocycles. The van der Waals surface area contributed by atoms with Gasteiger partial charge < -0.3 is 25.0 Å². The van der Waals surface area contributed by atoms with E-state index >= 15 is 0 Å². The van der Waals surface area contributed by atoms with Crippen LogP contribution in [0.5, 0.6) is 0 Å². The molecule has 1 saturated heterocycles. The lowest BCUT2D eigenvalue weighted by molar-refractivity contribution is -0.126. The summed E-state index contributed by atoms with van der Waals surface area (Å²) in [6.45, 7) is 4.13. The standard InChI is InChI=1S/C28H31N5O5/c1-3-8-21(17-20-12-13-29-25(20)34)30-27(36)24(16-19-9-5-4-6-10-19)33-14-7-11-22(28(33)37)31-26(35)23-15-18(2)38-32-23/h3-11,14-15,20-21,24H,12-13,16-17H2,1-2H3,(H,29,34)(H,30,36)(H,31,35)/b8-3+/t20-,21+,24-/m0/s1. The summed E-state index contributed by atoms with van der Waals surface area (Å²) in [4.78, 5) is 51.9. The van der Waals surface area contributed by atoms with Gasteiger partial charge in [-0.2, -0.15) is 0 Å². The number of aromatic nitrogens is 2. The number of anilines is 1. The highest BCUT2D eigenvalue weighted by Gasteiger charge is 2.29. The number of pyridine rings is 1. The number of carbonyl (C=O) groups is 3. The predicted octanol–water partition coefficient (Wildman–Crippen LogP) is 2.77. The van der Waals surface area contributed by atoms with Crippen molar-refractivity contribution < 1.29 is 18.9 Å². The summed E-state index contributed by atoms with van der Waals surface area (Å²) in [7, 11) is 0. The topological polar surface area (TPSA) is 135 Å². The van der Waals surface area contributed by atoms with E-state index in [0.717, 1.165) is 5.56 Å². The van der Waals surface area contributed by atoms with E-state index in [0.29, 0.717) is 25.1 Å². The Morgan fingerprint density at radius 3 is 2.66 bits per heavy atom. The number of allylic oxidation sites excluding steroid dienone is 1. The van der Waals surface area contributed by atoms with Gasteiger partial charge in [-0.25, -0.2) is 0 Å². The van der Waals surface area contributed by atoms with Gasteiger partial charge in [0.05, 0.1) is 0 Å². The van der Waals surface area contributed by atoms with E-state index in [-0.39, 0.29) is 41.6 Å². The van der Waals surface area contributed by atoms with Crippen molar-refractivity contribution in [3.63, 3.8) is 0 Å². The minimum Gasteiger partial charge on any atom is -0.361 e. The van der Waals surface area contributed by atoms with Gasteiger partial charge in [-0.1, -0.05) is 47.6 Å². The number of amides is 3. The van der Waals surface area contributed by atoms with Crippen molar-refractivity contribution in [2.45, 2.75) is 45.2 Å². The van der Waals surface area contributed by atoms with E-state index in [1.165, 1.54) is 22.9 Å². The van der Waals surface area contributed by atoms with Crippen LogP contribution in [0.1, 0.15) is 47.6 Å². The minimum absolute atomic E-state index is 0.0108. The van der Waals surface area contributed by atoms with Crippen molar-refractivity contribution in [2.75, 3.05) is 11.9 Å². The number of benzene rings is 1. The molecule has 0 spiro atoms. The van der Waals surface area contributed by atoms with Crippen molar-refractivity contribution in [3.05, 3.63) is 94.3 Å². The van der Waals surface area contributed by atoms with E-state index in [2.05, 4.69) is 21.1 Å². The third kappa shape index (κ3) is 6.44. The zero-order valence-electron chi connectivity index (χ0n) is 21.3. The molecular weight excluding hydrogens is 486 g/mol. The Morgan fingerprint density at radius 2 is 2.00 bits per heavy atom. The number of hydrogen-bond donors (Lipinski definition) is 3. The van der Waals surface area contributed by atoms with Gasteiger partial charge >= 0.3 is 0 Å². The van der Waals surface area contributed by atoms with Gasteiger partial charge in [0, 0.05) is 37.2 Å². The molecule has 3 N–H and O–H groups in total. The second-order valence-electron chi connectivity index (χ2n) is 9.27. The zero-order valence-corrected chi connectivity index (χ0v) is 21.3. The van der Waals surface area contributed by atoms with E-state index in [9.17, 15) is 19.2 Å². The smallest absolute Gasteiger partial charge is 0.278 e. The maximum Gasteiger partial charge on any atom is 0.278 e. The van der Waals surface area contributed by atoms with Crippen molar-refractivity contribution in [1.82, 2.24) is 20.4 Å². The Labute approximate surface area is 220 Å². The quantitative estimate of drug-likeness (QED) is 0.354. The molecule has 38 heavy (non-hydrogen) atoms. The van der Waals surface area contributed by atoms with E-state index in [4.69, 9.17) is 4.52 Å². The van der Waals surface area contributed by atoms with Crippen molar-refractivity contribution in [3.8, 4) is 0 Å². The minimum atomic E-state index is -0.902. The first-order valence-corrected chi connectivity index (χ1v) is 12.6. The van der Waals surface area contributed by atoms with Crippen molar-refractivity contribution in [1.29, 1.82) is 0 Å². The summed E-state index contributed by atoms with van der Waals surface area (Å²) in [5.41, 5.74) is 0.386. The molecule has 1 fully saturated rings. The van der Waals surface area contributed by atoms with Crippen LogP contribution in [0.3, 0.4) is 0 Å². The van der Waals surface area contributed by atoms with Gasteiger partial charge in [-0.15, -0.1) is 0 Å². The molecule has 0 aliphatic carbocycles. The molecule has 10 heteroatoms. The predicted molar refractivity (Wildman–Crippen MR) is 142 cm³/mol. The molecule has 3 atom stereocenters. The Bertz CT molecular complexity index is 1380. The molecule has 1 aliphatic heterocycles. The molecule has 3 heterocycles. The van der Waals surface area contributed by atoms with Crippen molar-refractivity contribution in [2.24, 2.45) is 5.92 Å². The number of carbonyl (C=O) groups excluding carboxylic acids is 3. The number of nitrogens with one attached hydrogen (secondary N) is 3. The normalized spacial score (nSPS) is 16.7. The lowest BCUT2D eigenvalue weighted by Crippen LogP contribution is -2.43. The fourth-order valence-corrected chi connectivity index (χ4v) is 4.54. The first-order valence-electron chi connectivity index (χ1n) is 12.6. The maximum atomic E-state index is 13.7. The lowest BCUT2D eigenvalue weighted by atomic mass is 9.97. The third-order valence-corrected chi connectivity index (χ3v) is 6.45. The Kier molecular flexibility index (Phi) is 8.52. The number of rotatable bonds is 10. The van der Waals surface area contributed by atoms with Crippen LogP contribution in [-0.2, 0) is 16.0 Å². The van der Waals surface area contributed by atoms with Crippen LogP contribution in [0.2, 0.25) is 0 Å². The van der Waals surface area contributed by atoms with Gasteiger partial charge in [0.2, 0.25) is 11.8 Å². The Hall–Kier alpha value is -4.47. The van der Waals surface area contributed by atoms with Gasteiger partial charge in [-0.05, 0) is 44.4 Å². The highest BCUT2D eigenvalue weighted by atomic mass is 16.5. The number of nitrogens with zero attached hydrogens (tertiary/aromatic N) is 2. The Morgan fingerprint density at radius 1 is 1.21 bits per heavy atom. The highest BCUT2D eigenvalue weighted by Crippen LogP contribution is 2.19. The van der Waals surface area contributed by atoms with E-state index < -0.39 is 17.5 Å². The fourth-order valence-electron chi connectivity index (χ4n) is 4.54. The second kappa shape index (κ2) is 12.2. The SMILES string of the molecule is C/C=C/[C@H](C[C@@H]1CCNC1=O)NC(=O)[C@H](Cc1ccccc1)n1cccc(NC(=O)c2cc(C)on2)c1=O. The summed E-state index contributed by atoms with van der Waals surface area (Å²) < 4.78 is 6.27. The number of aryl methyl sites for hydroxylation is 1. The first-order chi connectivity index (χ1) is 18.4. The molecule has 1 aliphatic rings. The molecule has 2 aromatic heterocycles. The van der Waals surface area contributed by atoms with E-state index in [1.807, 2.05) is 49.4 Å². The summed E-state index contributed by atoms with van der Waals surface area (Å²) in [6.07, 6.45) is 6.63. The van der Waals surface area contributed by atoms with Crippen LogP contribution in [0.4, 0.5) is 5.69 Å². The first kappa shape index (κ1) is 26.6. The summed E-state index contributed by atoms with van der Waals surface area (Å²) in [6, 6.07) is 12.6. The van der Waals surface area contributed by atoms with Gasteiger partial charge in [0.1, 0.15) is 17.5 Å². The third-order valence-electron chi connectivity index (χ3n) is 6.45. The van der Waals surface area contributed by atoms with Crippen LogP contribution in [0, 0.1) is 12.8 Å². The fraction of sp³-hybridized carbons (Fsp3) is 0.321. The molecular formula is C28H31N5O5. The average Bonchev–Trinajstić information content (AvgIpc) is 3.52. The molecule has 0 bridgehead atoms. The zero-order chi connectivity index (χ0) is 27.1. The van der Waals surface area contributed by atoms with Crippen LogP contribution in [0.15, 0.2) is 76.2 Å². The molecule has 0 saturated carbocycles. The summed E-state index contributed by atoms with van der Waals surface area (Å²) >= 11 is 0. The molecule has 3 amide bonds. The maximum absolute atomic E-state index is 13.7. The van der Waals surface area contributed by atoms with Crippen LogP contribution >= 0.6 is 0 Å². The van der Waals surface area contributed by atoms with Gasteiger partial charge in [-0.3, -0.25) is 19.2 Å². The largest absolute Gasteiger partial charge is 0.361 e. The summed E-state index contributed by atoms with van der Waals surface area (Å²) in [5, 5.41) is 12.1. The van der Waals surface area contributed by atoms with Gasteiger partial charge in [0.25, 0.3) is 11.5 Å². The molecule has 0 radical (unpaired) electrons. The Balaban J connectivity index is 1.61. The van der Waals surface area contributed by atoms with Crippen LogP contribution < -0.4 is 21.5 Å². The van der Waals surface area contributed by atoms with Crippen LogP contribution in [0.25, 0.3) is 0 Å². The van der Waals surface area contributed by atoms with Crippen LogP contribution in [-0.4, -0.2) is 40.0 Å². The summed E-state index contributed by atoms with van der Waals surface area (Å²) in [5.74, 6) is -0.704. The number of hydrogen-bond acceptors (Lipinski definition) is 6. The molecule has 10 nitrogen and oxygen atoms in total. The molecule has 0 unspecified atom stereocenters. The lowest BCUT2D eigenvalue weighted by Gasteiger charge is -2.24. The van der Waals surface area contributed by atoms with Gasteiger partial charge in [0.15, 0.2) is 5.69 Å². The second-order valence-corrected chi connectivity index (χ2v) is 9.27. The molecule has 198 valence electrons. The molecule has 3 aromatic rings. The van der Waals surface area contributed by atoms with Crippen molar-refractivity contribution >= 4 is 23.4 Å². The monoisotopic (exact) mass is 517 g/mol. The van der Waals surface area contributed by atoms with E-state index in [1.54, 1.807) is 13.0 Å².